The number of pyridine rings is 2. The van der Waals surface area contributed by atoms with Gasteiger partial charge in [0.15, 0.2) is 0 Å². The fourth-order valence-electron chi connectivity index (χ4n) is 13.2. The maximum Gasteiger partial charge on any atom is 0.303 e. The maximum atomic E-state index is 13.7. The molecule has 428 valence electrons. The largest absolute Gasteiger partial charge is 0.541 e. The second-order valence-corrected chi connectivity index (χ2v) is 35.0. The normalized spacial score (nSPS) is 13.7. The van der Waals surface area contributed by atoms with Crippen LogP contribution < -0.4 is 8.85 Å². The molecule has 16 heteroatoms. The quantitative estimate of drug-likeness (QED) is 0.0739. The number of carbonyl (C=O) groups excluding carboxylic acids is 3. The van der Waals surface area contributed by atoms with Crippen molar-refractivity contribution in [3.8, 4) is 11.5 Å². The molecular weight excluding hydrogens is 1040 g/mol. The fourth-order valence-corrected chi connectivity index (χ4v) is 23.7. The molecule has 4 heterocycles. The van der Waals surface area contributed by atoms with Gasteiger partial charge in [0.05, 0.1) is 11.1 Å². The van der Waals surface area contributed by atoms with Gasteiger partial charge in [-0.25, -0.2) is 8.78 Å². The monoisotopic (exact) mass is 1130 g/mol. The highest BCUT2D eigenvalue weighted by molar-refractivity contribution is 6.79. The maximum absolute atomic E-state index is 13.7. The van der Waals surface area contributed by atoms with Crippen molar-refractivity contribution in [2.45, 2.75) is 168 Å². The molecule has 0 spiro atoms. The van der Waals surface area contributed by atoms with Gasteiger partial charge in [0, 0.05) is 77.3 Å². The number of aromatic nitrogens is 2. The van der Waals surface area contributed by atoms with E-state index in [4.69, 9.17) is 18.8 Å². The Hall–Kier alpha value is -6.53. The third-order valence-electron chi connectivity index (χ3n) is 17.0. The first kappa shape index (κ1) is 61.1. The molecule has 80 heavy (non-hydrogen) atoms. The number of carboxylic acid groups (broad SMARTS) is 1. The van der Waals surface area contributed by atoms with E-state index in [9.17, 15) is 33.1 Å². The number of nitrogens with zero attached hydrogens (tertiary/aromatic N) is 5. The Bertz CT molecular complexity index is 3240. The summed E-state index contributed by atoms with van der Waals surface area (Å²) >= 11 is 0. The lowest BCUT2D eigenvalue weighted by Gasteiger charge is -2.42. The number of aliphatic carboxylic acids is 1. The molecule has 0 aliphatic carbocycles. The first-order valence-electron chi connectivity index (χ1n) is 28.4. The zero-order valence-corrected chi connectivity index (χ0v) is 51.9. The topological polar surface area (TPSA) is 142 Å². The average Bonchev–Trinajstić information content (AvgIpc) is 4.06. The van der Waals surface area contributed by atoms with Gasteiger partial charge in [0.1, 0.15) is 34.2 Å². The summed E-state index contributed by atoms with van der Waals surface area (Å²) in [4.78, 5) is 66.4. The lowest BCUT2D eigenvalue weighted by molar-refractivity contribution is -0.137. The fraction of sp³-hybridized carbons (Fsp3) is 0.469. The zero-order chi connectivity index (χ0) is 58.9. The minimum atomic E-state index is -2.45. The summed E-state index contributed by atoms with van der Waals surface area (Å²) in [5.74, 6) is -0.443. The minimum Gasteiger partial charge on any atom is -0.541 e. The summed E-state index contributed by atoms with van der Waals surface area (Å²) in [6.45, 7) is 27.5. The number of carboxylic acids is 1. The van der Waals surface area contributed by atoms with Crippen LogP contribution in [0.25, 0.3) is 21.8 Å². The average molecular weight is 1130 g/mol. The van der Waals surface area contributed by atoms with Crippen molar-refractivity contribution >= 4 is 62.1 Å². The molecule has 6 aromatic rings. The molecule has 0 unspecified atom stereocenters. The van der Waals surface area contributed by atoms with Crippen molar-refractivity contribution in [1.82, 2.24) is 24.7 Å². The molecule has 0 bridgehead atoms. The van der Waals surface area contributed by atoms with Crippen LogP contribution in [-0.4, -0.2) is 98.3 Å². The van der Waals surface area contributed by atoms with Gasteiger partial charge in [-0.05, 0) is 140 Å². The molecule has 2 aliphatic heterocycles. The van der Waals surface area contributed by atoms with Crippen LogP contribution in [0.4, 0.5) is 8.78 Å². The van der Waals surface area contributed by atoms with Gasteiger partial charge in [0.2, 0.25) is 5.91 Å². The summed E-state index contributed by atoms with van der Waals surface area (Å²) in [6, 6.07) is 17.1. The Morgan fingerprint density at radius 1 is 0.575 bits per heavy atom. The first-order valence-corrected chi connectivity index (χ1v) is 32.6. The van der Waals surface area contributed by atoms with Gasteiger partial charge < -0.3 is 28.7 Å². The summed E-state index contributed by atoms with van der Waals surface area (Å²) in [6.07, 6.45) is 5.84. The number of hydrogen-bond acceptors (Lipinski definition) is 8. The van der Waals surface area contributed by atoms with Gasteiger partial charge in [-0.15, -0.1) is 0 Å². The van der Waals surface area contributed by atoms with Gasteiger partial charge in [-0.3, -0.25) is 29.1 Å². The molecule has 2 aromatic heterocycles. The van der Waals surface area contributed by atoms with Crippen LogP contribution >= 0.6 is 0 Å². The predicted molar refractivity (Wildman–Crippen MR) is 320 cm³/mol. The molecule has 4 aromatic carbocycles. The number of hydrogen-bond donors (Lipinski definition) is 1. The Morgan fingerprint density at radius 3 is 1.23 bits per heavy atom. The van der Waals surface area contributed by atoms with E-state index in [0.717, 1.165) is 55.3 Å². The Labute approximate surface area is 474 Å². The number of amides is 3. The van der Waals surface area contributed by atoms with Crippen molar-refractivity contribution in [3.63, 3.8) is 0 Å². The van der Waals surface area contributed by atoms with Crippen LogP contribution in [0.3, 0.4) is 0 Å². The summed E-state index contributed by atoms with van der Waals surface area (Å²) in [5, 5.41) is 11.3. The molecular formula is C64H83F2N5O7Si2. The van der Waals surface area contributed by atoms with E-state index in [1.54, 1.807) is 66.3 Å². The van der Waals surface area contributed by atoms with Crippen molar-refractivity contribution in [2.24, 2.45) is 0 Å². The molecule has 0 fully saturated rings. The number of rotatable bonds is 20. The van der Waals surface area contributed by atoms with E-state index < -0.39 is 22.6 Å². The minimum absolute atomic E-state index is 0.0335. The number of benzene rings is 4. The summed E-state index contributed by atoms with van der Waals surface area (Å²) in [7, 11) is 2.21. The third-order valence-corrected chi connectivity index (χ3v) is 28.9. The molecule has 12 nitrogen and oxygen atoms in total. The van der Waals surface area contributed by atoms with Crippen molar-refractivity contribution < 1.29 is 41.9 Å². The first-order chi connectivity index (χ1) is 37.6. The number of fused-ring (bicyclic) bond motifs is 4. The van der Waals surface area contributed by atoms with Gasteiger partial charge in [0.25, 0.3) is 28.4 Å². The van der Waals surface area contributed by atoms with E-state index >= 15 is 0 Å². The highest BCUT2D eigenvalue weighted by atomic mass is 28.4. The van der Waals surface area contributed by atoms with Crippen LogP contribution in [-0.2, 0) is 48.4 Å². The molecule has 0 saturated heterocycles. The zero-order valence-electron chi connectivity index (χ0n) is 49.9. The predicted octanol–water partition coefficient (Wildman–Crippen LogP) is 14.2. The second-order valence-electron chi connectivity index (χ2n) is 24.3. The molecule has 0 saturated carbocycles. The summed E-state index contributed by atoms with van der Waals surface area (Å²) < 4.78 is 41.5. The molecule has 1 N–H and O–H groups in total. The second kappa shape index (κ2) is 24.7. The van der Waals surface area contributed by atoms with Crippen molar-refractivity contribution in [1.29, 1.82) is 0 Å². The van der Waals surface area contributed by atoms with Crippen molar-refractivity contribution in [2.75, 3.05) is 28.2 Å². The lowest BCUT2D eigenvalue weighted by atomic mass is 9.92. The highest BCUT2D eigenvalue weighted by Crippen LogP contribution is 2.50. The van der Waals surface area contributed by atoms with E-state index in [0.29, 0.717) is 112 Å². The number of carbonyl (C=O) groups is 4. The van der Waals surface area contributed by atoms with Crippen LogP contribution in [0.2, 0.25) is 33.2 Å². The lowest BCUT2D eigenvalue weighted by Crippen LogP contribution is -2.51. The molecule has 0 radical (unpaired) electrons. The van der Waals surface area contributed by atoms with Crippen LogP contribution in [0.5, 0.6) is 11.5 Å². The third kappa shape index (κ3) is 12.1. The summed E-state index contributed by atoms with van der Waals surface area (Å²) in [5.41, 5.74) is 11.7. The Morgan fingerprint density at radius 2 is 0.912 bits per heavy atom. The Kier molecular flexibility index (Phi) is 18.9. The van der Waals surface area contributed by atoms with E-state index in [1.165, 1.54) is 24.3 Å². The van der Waals surface area contributed by atoms with Crippen LogP contribution in [0.15, 0.2) is 73.1 Å². The smallest absolute Gasteiger partial charge is 0.303 e. The van der Waals surface area contributed by atoms with Crippen molar-refractivity contribution in [3.05, 3.63) is 140 Å². The number of aryl methyl sites for hydroxylation is 2. The van der Waals surface area contributed by atoms with Crippen LogP contribution in [0.1, 0.15) is 161 Å². The molecule has 0 atom stereocenters. The van der Waals surface area contributed by atoms with Gasteiger partial charge in [-0.1, -0.05) is 107 Å². The Balaban J connectivity index is 0.000000231. The SMILES string of the molecule is CC(C)[Si](Oc1c2c(c(CCC(=O)N(C)C)c3cc(Cc4ccc(F)cc4)cnc13)CN(C)C2=O)(C(C)C)C(C)C.CC(C)[Si](Oc1c2c(c(CCC(=O)O)c3cc(Cc4ccc(F)cc4)cnc13)CN(C)C2=O)(C(C)C)C(C)C. The van der Waals surface area contributed by atoms with Gasteiger partial charge >= 0.3 is 5.97 Å². The van der Waals surface area contributed by atoms with Gasteiger partial charge in [-0.2, -0.15) is 0 Å². The molecule has 2 aliphatic rings. The van der Waals surface area contributed by atoms with E-state index in [1.807, 2.05) is 19.3 Å². The van der Waals surface area contributed by atoms with E-state index in [2.05, 4.69) is 89.2 Å². The van der Waals surface area contributed by atoms with E-state index in [-0.39, 0.29) is 35.8 Å². The molecule has 3 amide bonds. The highest BCUT2D eigenvalue weighted by Gasteiger charge is 2.50. The molecule has 8 rings (SSSR count). The number of halogens is 2. The standard InChI is InChI=1S/C33H44FN3O3Si.C31H39FN2O4Si/c1-20(2)41(21(3)4,22(5)6)40-32-30-28(19-37(9)33(30)39)26(14-15-29(38)36(7)8)27-17-24(18-35-31(27)32)16-23-10-12-25(34)13-11-23;1-18(2)39(19(3)4,20(5)6)38-30-28-26(17-34(7)31(28)37)24(12-13-27(35)36)25-15-22(16-33-29(25)30)14-21-8-10-23(32)11-9-21/h10-13,17-18,20-22H,14-16,19H2,1-9H3;8-11,15-16,18-20H,12-14,17H2,1-7H3,(H,35,36). The van der Waals surface area contributed by atoms with Crippen LogP contribution in [0, 0.1) is 11.6 Å².